The van der Waals surface area contributed by atoms with Gasteiger partial charge >= 0.3 is 7.60 Å². The summed E-state index contributed by atoms with van der Waals surface area (Å²) in [5.74, 6) is -1.26. The van der Waals surface area contributed by atoms with Gasteiger partial charge in [-0.3, -0.25) is 9.12 Å². The summed E-state index contributed by atoms with van der Waals surface area (Å²) in [5, 5.41) is 0. The number of hydrogen-bond acceptors (Lipinski definition) is 4. The summed E-state index contributed by atoms with van der Waals surface area (Å²) in [7, 11) is -9.18. The van der Waals surface area contributed by atoms with Crippen molar-refractivity contribution in [2.45, 2.75) is 5.66 Å². The third-order valence-corrected chi connectivity index (χ3v) is 3.85. The van der Waals surface area contributed by atoms with Gasteiger partial charge in [-0.05, 0) is 0 Å². The second kappa shape index (κ2) is 4.03. The summed E-state index contributed by atoms with van der Waals surface area (Å²) in [5.41, 5.74) is -1.68. The number of hydrogen-bond donors (Lipinski definition) is 4. The van der Waals surface area contributed by atoms with Gasteiger partial charge in [0, 0.05) is 12.4 Å². The second-order valence-electron chi connectivity index (χ2n) is 2.83. The van der Waals surface area contributed by atoms with Crippen LogP contribution in [0.1, 0.15) is 11.5 Å². The van der Waals surface area contributed by atoms with E-state index >= 15 is 0 Å². The molecule has 8 nitrogen and oxygen atoms in total. The first-order chi connectivity index (χ1) is 6.70. The monoisotopic (exact) mass is 256 g/mol. The smallest absolute Gasteiger partial charge is 0.337 e. The van der Waals surface area contributed by atoms with Crippen LogP contribution in [0.3, 0.4) is 0 Å². The molecular formula is C5H9N2O6PS. The number of imidazole rings is 1. The Bertz CT molecular complexity index is 462. The Morgan fingerprint density at radius 2 is 2.13 bits per heavy atom. The summed E-state index contributed by atoms with van der Waals surface area (Å²) in [6.45, 7) is 0. The van der Waals surface area contributed by atoms with E-state index in [1.165, 1.54) is 12.4 Å². The van der Waals surface area contributed by atoms with Crippen LogP contribution in [-0.2, 0) is 14.7 Å². The lowest BCUT2D eigenvalue weighted by Crippen LogP contribution is -2.15. The first-order valence-electron chi connectivity index (χ1n) is 3.70. The third kappa shape index (κ3) is 3.73. The molecule has 10 heteroatoms. The van der Waals surface area contributed by atoms with Crippen molar-refractivity contribution in [1.82, 2.24) is 9.97 Å². The maximum absolute atomic E-state index is 11.0. The zero-order valence-corrected chi connectivity index (χ0v) is 9.02. The van der Waals surface area contributed by atoms with Gasteiger partial charge in [0.15, 0.2) is 0 Å². The number of H-pyrrole nitrogens is 1. The molecule has 1 aromatic rings. The van der Waals surface area contributed by atoms with E-state index in [1.807, 2.05) is 0 Å². The quantitative estimate of drug-likeness (QED) is 0.421. The van der Waals surface area contributed by atoms with Crippen molar-refractivity contribution >= 4 is 17.7 Å². The Morgan fingerprint density at radius 3 is 2.47 bits per heavy atom. The number of nitrogens with zero attached hydrogens (tertiary/aromatic N) is 1. The van der Waals surface area contributed by atoms with Gasteiger partial charge < -0.3 is 14.8 Å². The number of aromatic amines is 1. The van der Waals surface area contributed by atoms with Crippen LogP contribution in [0.25, 0.3) is 0 Å². The third-order valence-electron chi connectivity index (χ3n) is 1.61. The first kappa shape index (κ1) is 12.3. The van der Waals surface area contributed by atoms with Crippen LogP contribution in [0.5, 0.6) is 0 Å². The fourth-order valence-electron chi connectivity index (χ4n) is 0.995. The molecule has 1 rings (SSSR count). The lowest BCUT2D eigenvalue weighted by Gasteiger charge is -2.14. The number of rotatable bonds is 4. The molecule has 15 heavy (non-hydrogen) atoms. The average molecular weight is 256 g/mol. The number of aromatic nitrogens is 2. The van der Waals surface area contributed by atoms with Crippen LogP contribution >= 0.6 is 7.60 Å². The molecule has 1 heterocycles. The maximum Gasteiger partial charge on any atom is 0.337 e. The Balaban J connectivity index is 3.06. The molecular weight excluding hydrogens is 247 g/mol. The lowest BCUT2D eigenvalue weighted by molar-refractivity contribution is 0.358. The zero-order chi connectivity index (χ0) is 11.7. The fourth-order valence-corrected chi connectivity index (χ4v) is 3.35. The molecule has 0 aliphatic rings. The summed E-state index contributed by atoms with van der Waals surface area (Å²) in [6.07, 6.45) is 2.52. The van der Waals surface area contributed by atoms with Gasteiger partial charge in [-0.25, -0.2) is 4.98 Å². The molecule has 1 atom stereocenters. The van der Waals surface area contributed by atoms with Gasteiger partial charge in [0.25, 0.3) is 10.1 Å². The summed E-state index contributed by atoms with van der Waals surface area (Å²) < 4.78 is 40.6. The van der Waals surface area contributed by atoms with Crippen LogP contribution < -0.4 is 0 Å². The minimum absolute atomic E-state index is 0.180. The Morgan fingerprint density at radius 1 is 1.53 bits per heavy atom. The van der Waals surface area contributed by atoms with Crippen molar-refractivity contribution in [3.05, 3.63) is 18.2 Å². The molecule has 0 spiro atoms. The highest BCUT2D eigenvalue weighted by Gasteiger charge is 2.36. The molecule has 0 aliphatic heterocycles. The molecule has 0 radical (unpaired) electrons. The molecule has 4 N–H and O–H groups in total. The van der Waals surface area contributed by atoms with E-state index in [0.29, 0.717) is 0 Å². The van der Waals surface area contributed by atoms with E-state index in [1.54, 1.807) is 0 Å². The molecule has 86 valence electrons. The highest BCUT2D eigenvalue weighted by molar-refractivity contribution is 7.86. The maximum atomic E-state index is 11.0. The molecule has 0 bridgehead atoms. The Hall–Kier alpha value is -0.730. The SMILES string of the molecule is O=P(O)(O)C(CS(=O)(=O)O)c1ncc[nH]1. The molecule has 0 aliphatic carbocycles. The highest BCUT2D eigenvalue weighted by atomic mass is 32.2. The molecule has 0 aromatic carbocycles. The summed E-state index contributed by atoms with van der Waals surface area (Å²) >= 11 is 0. The minimum Gasteiger partial charge on any atom is -0.348 e. The van der Waals surface area contributed by atoms with Crippen LogP contribution in [0.4, 0.5) is 0 Å². The van der Waals surface area contributed by atoms with E-state index in [9.17, 15) is 13.0 Å². The summed E-state index contributed by atoms with van der Waals surface area (Å²) in [4.78, 5) is 23.7. The topological polar surface area (TPSA) is 141 Å². The Labute approximate surface area is 85.3 Å². The van der Waals surface area contributed by atoms with Gasteiger partial charge in [0.05, 0.1) is 5.75 Å². The average Bonchev–Trinajstić information content (AvgIpc) is 2.47. The molecule has 1 unspecified atom stereocenters. The van der Waals surface area contributed by atoms with Crippen LogP contribution in [0, 0.1) is 0 Å². The van der Waals surface area contributed by atoms with Crippen LogP contribution in [-0.4, -0.2) is 38.5 Å². The van der Waals surface area contributed by atoms with Crippen molar-refractivity contribution in [1.29, 1.82) is 0 Å². The molecule has 0 saturated carbocycles. The van der Waals surface area contributed by atoms with Crippen molar-refractivity contribution in [2.75, 3.05) is 5.75 Å². The molecule has 0 saturated heterocycles. The normalized spacial score (nSPS) is 15.1. The predicted molar refractivity (Wildman–Crippen MR) is 49.8 cm³/mol. The van der Waals surface area contributed by atoms with E-state index in [4.69, 9.17) is 14.3 Å². The highest BCUT2D eigenvalue weighted by Crippen LogP contribution is 2.51. The summed E-state index contributed by atoms with van der Waals surface area (Å²) in [6, 6.07) is 0. The van der Waals surface area contributed by atoms with Crippen molar-refractivity contribution in [3.8, 4) is 0 Å². The molecule has 0 fully saturated rings. The Kier molecular flexibility index (Phi) is 3.31. The predicted octanol–water partition coefficient (Wildman–Crippen LogP) is -0.484. The lowest BCUT2D eigenvalue weighted by atomic mass is 10.4. The van der Waals surface area contributed by atoms with Gasteiger partial charge in [0.1, 0.15) is 11.5 Å². The van der Waals surface area contributed by atoms with Crippen molar-refractivity contribution < 1.29 is 27.3 Å². The van der Waals surface area contributed by atoms with E-state index < -0.39 is 29.1 Å². The fraction of sp³-hybridized carbons (Fsp3) is 0.400. The molecule has 0 amide bonds. The van der Waals surface area contributed by atoms with Crippen molar-refractivity contribution in [2.24, 2.45) is 0 Å². The number of nitrogens with one attached hydrogen (secondary N) is 1. The van der Waals surface area contributed by atoms with Gasteiger partial charge in [-0.15, -0.1) is 0 Å². The van der Waals surface area contributed by atoms with E-state index in [-0.39, 0.29) is 5.82 Å². The minimum atomic E-state index is -4.69. The van der Waals surface area contributed by atoms with E-state index in [2.05, 4.69) is 9.97 Å². The van der Waals surface area contributed by atoms with Gasteiger partial charge in [-0.1, -0.05) is 0 Å². The van der Waals surface area contributed by atoms with Gasteiger partial charge in [-0.2, -0.15) is 8.42 Å². The second-order valence-corrected chi connectivity index (χ2v) is 6.13. The zero-order valence-electron chi connectivity index (χ0n) is 7.31. The standard InChI is InChI=1S/C5H9N2O6PS/c8-14(9,10)4(3-15(11,12)13)5-6-1-2-7-5/h1-2,4H,3H2,(H,6,7)(H2,8,9,10)(H,11,12,13). The van der Waals surface area contributed by atoms with Gasteiger partial charge in [0.2, 0.25) is 0 Å². The van der Waals surface area contributed by atoms with E-state index in [0.717, 1.165) is 0 Å². The largest absolute Gasteiger partial charge is 0.348 e. The van der Waals surface area contributed by atoms with Crippen LogP contribution in [0.15, 0.2) is 12.4 Å². The first-order valence-corrected chi connectivity index (χ1v) is 6.99. The molecule has 1 aromatic heterocycles. The van der Waals surface area contributed by atoms with Crippen molar-refractivity contribution in [3.63, 3.8) is 0 Å². The van der Waals surface area contributed by atoms with Crippen LogP contribution in [0.2, 0.25) is 0 Å².